The van der Waals surface area contributed by atoms with Gasteiger partial charge >= 0.3 is 0 Å². The van der Waals surface area contributed by atoms with Gasteiger partial charge in [0.1, 0.15) is 11.6 Å². The summed E-state index contributed by atoms with van der Waals surface area (Å²) in [6.45, 7) is 2.90. The lowest BCUT2D eigenvalue weighted by Gasteiger charge is -2.11. The van der Waals surface area contributed by atoms with E-state index in [2.05, 4.69) is 5.32 Å². The highest BCUT2D eigenvalue weighted by Gasteiger charge is 2.23. The molecule has 0 unspecified atom stereocenters. The minimum atomic E-state index is -0.351. The zero-order valence-corrected chi connectivity index (χ0v) is 15.8. The maximum absolute atomic E-state index is 13.5. The van der Waals surface area contributed by atoms with Gasteiger partial charge in [-0.25, -0.2) is 9.07 Å². The largest absolute Gasteiger partial charge is 0.370 e. The molecular formula is C20H18Cl2FN3. The van der Waals surface area contributed by atoms with Crippen molar-refractivity contribution in [3.8, 4) is 16.9 Å². The van der Waals surface area contributed by atoms with Crippen LogP contribution in [0.3, 0.4) is 0 Å². The van der Waals surface area contributed by atoms with E-state index in [0.717, 1.165) is 59.7 Å². The first-order chi connectivity index (χ1) is 12.5. The lowest BCUT2D eigenvalue weighted by molar-refractivity contribution is 0.628. The summed E-state index contributed by atoms with van der Waals surface area (Å²) in [5, 5.41) is 9.43. The highest BCUT2D eigenvalue weighted by molar-refractivity contribution is 6.33. The number of anilines is 1. The fourth-order valence-electron chi connectivity index (χ4n) is 3.43. The molecule has 0 bridgehead atoms. The predicted octanol–water partition coefficient (Wildman–Crippen LogP) is 6.04. The van der Waals surface area contributed by atoms with Crippen molar-refractivity contribution in [1.82, 2.24) is 9.78 Å². The number of hydrogen-bond donors (Lipinski definition) is 1. The van der Waals surface area contributed by atoms with Gasteiger partial charge in [0.15, 0.2) is 0 Å². The highest BCUT2D eigenvalue weighted by Crippen LogP contribution is 2.37. The van der Waals surface area contributed by atoms with Crippen molar-refractivity contribution in [3.63, 3.8) is 0 Å². The van der Waals surface area contributed by atoms with Crippen LogP contribution in [0.15, 0.2) is 36.4 Å². The van der Waals surface area contributed by atoms with Gasteiger partial charge < -0.3 is 5.32 Å². The second-order valence-corrected chi connectivity index (χ2v) is 7.37. The molecule has 0 radical (unpaired) electrons. The molecule has 2 heterocycles. The third-order valence-electron chi connectivity index (χ3n) is 4.70. The topological polar surface area (TPSA) is 29.9 Å². The van der Waals surface area contributed by atoms with E-state index in [1.165, 1.54) is 12.1 Å². The quantitative estimate of drug-likeness (QED) is 0.578. The number of nitrogens with zero attached hydrogens (tertiary/aromatic N) is 2. The van der Waals surface area contributed by atoms with Crippen LogP contribution in [0.5, 0.6) is 0 Å². The van der Waals surface area contributed by atoms with Crippen LogP contribution < -0.4 is 5.32 Å². The molecule has 0 amide bonds. The number of halogens is 3. The van der Waals surface area contributed by atoms with Gasteiger partial charge in [0.2, 0.25) is 0 Å². The second kappa shape index (κ2) is 6.93. The van der Waals surface area contributed by atoms with E-state index in [-0.39, 0.29) is 5.82 Å². The molecule has 6 heteroatoms. The van der Waals surface area contributed by atoms with Gasteiger partial charge in [-0.05, 0) is 68.1 Å². The third-order valence-corrected chi connectivity index (χ3v) is 5.25. The zero-order valence-electron chi connectivity index (χ0n) is 14.3. The Hall–Kier alpha value is -2.04. The second-order valence-electron chi connectivity index (χ2n) is 6.53. The number of rotatable bonds is 2. The Morgan fingerprint density at radius 3 is 2.73 bits per heavy atom. The van der Waals surface area contributed by atoms with E-state index in [0.29, 0.717) is 10.0 Å². The highest BCUT2D eigenvalue weighted by atomic mass is 35.5. The smallest absolute Gasteiger partial charge is 0.133 e. The van der Waals surface area contributed by atoms with Crippen LogP contribution in [-0.2, 0) is 6.42 Å². The molecule has 0 atom stereocenters. The van der Waals surface area contributed by atoms with Crippen LogP contribution in [0.4, 0.5) is 10.2 Å². The SMILES string of the molecule is Cc1cc(Cl)ccc1-n1nc(-c2ccc(F)cc2Cl)c2c1NCCCC2. The molecule has 26 heavy (non-hydrogen) atoms. The Morgan fingerprint density at radius 2 is 1.96 bits per heavy atom. The average Bonchev–Trinajstić information content (AvgIpc) is 2.77. The first-order valence-electron chi connectivity index (χ1n) is 8.62. The number of hydrogen-bond acceptors (Lipinski definition) is 2. The van der Waals surface area contributed by atoms with Crippen molar-refractivity contribution in [3.05, 3.63) is 63.4 Å². The number of nitrogens with one attached hydrogen (secondary N) is 1. The van der Waals surface area contributed by atoms with Gasteiger partial charge in [0.05, 0.1) is 16.4 Å². The van der Waals surface area contributed by atoms with Crippen molar-refractivity contribution in [2.45, 2.75) is 26.2 Å². The van der Waals surface area contributed by atoms with Crippen molar-refractivity contribution in [1.29, 1.82) is 0 Å². The molecule has 1 aliphatic rings. The molecule has 0 saturated carbocycles. The molecule has 3 aromatic rings. The third kappa shape index (κ3) is 3.08. The Morgan fingerprint density at radius 1 is 1.12 bits per heavy atom. The fraction of sp³-hybridized carbons (Fsp3) is 0.250. The molecule has 0 saturated heterocycles. The zero-order chi connectivity index (χ0) is 18.3. The summed E-state index contributed by atoms with van der Waals surface area (Å²) in [4.78, 5) is 0. The van der Waals surface area contributed by atoms with E-state index < -0.39 is 0 Å². The van der Waals surface area contributed by atoms with Crippen molar-refractivity contribution in [2.24, 2.45) is 0 Å². The van der Waals surface area contributed by atoms with Crippen molar-refractivity contribution >= 4 is 29.0 Å². The predicted molar refractivity (Wildman–Crippen MR) is 105 cm³/mol. The number of aryl methyl sites for hydroxylation is 1. The van der Waals surface area contributed by atoms with E-state index in [9.17, 15) is 4.39 Å². The summed E-state index contributed by atoms with van der Waals surface area (Å²) in [6, 6.07) is 10.2. The Labute approximate surface area is 161 Å². The van der Waals surface area contributed by atoms with Crippen LogP contribution in [0.1, 0.15) is 24.0 Å². The molecule has 134 valence electrons. The standard InChI is InChI=1S/C20H18Cl2FN3/c1-12-10-13(21)5-8-18(12)26-20-16(4-2-3-9-24-20)19(25-26)15-7-6-14(23)11-17(15)22/h5-8,10-11,24H,2-4,9H2,1H3. The van der Waals surface area contributed by atoms with Crippen LogP contribution >= 0.6 is 23.2 Å². The molecule has 1 N–H and O–H groups in total. The minimum Gasteiger partial charge on any atom is -0.370 e. The summed E-state index contributed by atoms with van der Waals surface area (Å²) >= 11 is 12.4. The molecule has 0 spiro atoms. The molecule has 0 fully saturated rings. The molecule has 0 aliphatic carbocycles. The van der Waals surface area contributed by atoms with Gasteiger partial charge in [0, 0.05) is 22.7 Å². The van der Waals surface area contributed by atoms with Gasteiger partial charge in [-0.3, -0.25) is 0 Å². The fourth-order valence-corrected chi connectivity index (χ4v) is 3.91. The summed E-state index contributed by atoms with van der Waals surface area (Å²) in [6.07, 6.45) is 3.06. The summed E-state index contributed by atoms with van der Waals surface area (Å²) in [5.74, 6) is 0.624. The molecule has 4 rings (SSSR count). The number of aromatic nitrogens is 2. The molecule has 3 nitrogen and oxygen atoms in total. The summed E-state index contributed by atoms with van der Waals surface area (Å²) in [5.41, 5.74) is 4.66. The van der Waals surface area contributed by atoms with E-state index in [1.807, 2.05) is 29.8 Å². The van der Waals surface area contributed by atoms with E-state index >= 15 is 0 Å². The van der Waals surface area contributed by atoms with Gasteiger partial charge in [0.25, 0.3) is 0 Å². The number of fused-ring (bicyclic) bond motifs is 1. The number of benzene rings is 2. The Balaban J connectivity index is 1.95. The van der Waals surface area contributed by atoms with Crippen LogP contribution in [0, 0.1) is 12.7 Å². The van der Waals surface area contributed by atoms with E-state index in [1.54, 1.807) is 6.07 Å². The van der Waals surface area contributed by atoms with Crippen molar-refractivity contribution < 1.29 is 4.39 Å². The molecular weight excluding hydrogens is 372 g/mol. The molecule has 1 aliphatic heterocycles. The maximum Gasteiger partial charge on any atom is 0.133 e. The van der Waals surface area contributed by atoms with Crippen molar-refractivity contribution in [2.75, 3.05) is 11.9 Å². The lowest BCUT2D eigenvalue weighted by atomic mass is 10.0. The van der Waals surface area contributed by atoms with Crippen LogP contribution in [0.25, 0.3) is 16.9 Å². The average molecular weight is 390 g/mol. The minimum absolute atomic E-state index is 0.351. The monoisotopic (exact) mass is 389 g/mol. The normalized spacial score (nSPS) is 13.8. The van der Waals surface area contributed by atoms with E-state index in [4.69, 9.17) is 28.3 Å². The van der Waals surface area contributed by atoms with Crippen LogP contribution in [0.2, 0.25) is 10.0 Å². The summed E-state index contributed by atoms with van der Waals surface area (Å²) in [7, 11) is 0. The lowest BCUT2D eigenvalue weighted by Crippen LogP contribution is -2.08. The first kappa shape index (κ1) is 17.4. The summed E-state index contributed by atoms with van der Waals surface area (Å²) < 4.78 is 15.4. The maximum atomic E-state index is 13.5. The van der Waals surface area contributed by atoms with Gasteiger partial charge in [-0.1, -0.05) is 23.2 Å². The van der Waals surface area contributed by atoms with Crippen LogP contribution in [-0.4, -0.2) is 16.3 Å². The molecule has 1 aromatic heterocycles. The Kier molecular flexibility index (Phi) is 4.63. The molecule has 2 aromatic carbocycles. The Bertz CT molecular complexity index is 905. The first-order valence-corrected chi connectivity index (χ1v) is 9.38. The van der Waals surface area contributed by atoms with Gasteiger partial charge in [-0.2, -0.15) is 5.10 Å². The van der Waals surface area contributed by atoms with Gasteiger partial charge in [-0.15, -0.1) is 0 Å².